The molecule has 0 aliphatic carbocycles. The average molecular weight is 307 g/mol. The van der Waals surface area contributed by atoms with E-state index in [2.05, 4.69) is 4.98 Å². The van der Waals surface area contributed by atoms with Gasteiger partial charge in [0.2, 0.25) is 10.0 Å². The van der Waals surface area contributed by atoms with Gasteiger partial charge in [-0.25, -0.2) is 8.42 Å². The molecule has 6 nitrogen and oxygen atoms in total. The van der Waals surface area contributed by atoms with E-state index >= 15 is 0 Å². The van der Waals surface area contributed by atoms with Gasteiger partial charge in [-0.15, -0.1) is 0 Å². The van der Waals surface area contributed by atoms with Crippen LogP contribution in [0.4, 0.5) is 0 Å². The molecular formula is C14H17N3O3S. The van der Waals surface area contributed by atoms with E-state index in [1.165, 1.54) is 17.6 Å². The van der Waals surface area contributed by atoms with Crippen LogP contribution in [0.3, 0.4) is 0 Å². The molecule has 1 atom stereocenters. The van der Waals surface area contributed by atoms with Crippen molar-refractivity contribution < 1.29 is 13.2 Å². The molecule has 2 N–H and O–H groups in total. The van der Waals surface area contributed by atoms with Gasteiger partial charge in [-0.1, -0.05) is 12.1 Å². The molecule has 0 radical (unpaired) electrons. The van der Waals surface area contributed by atoms with Crippen molar-refractivity contribution in [3.63, 3.8) is 0 Å². The predicted octanol–water partition coefficient (Wildman–Crippen LogP) is 0.965. The lowest BCUT2D eigenvalue weighted by molar-refractivity contribution is 0.417. The summed E-state index contributed by atoms with van der Waals surface area (Å²) in [5.74, 6) is 0.454. The van der Waals surface area contributed by atoms with Crippen LogP contribution in [0, 0.1) is 0 Å². The Labute approximate surface area is 123 Å². The third kappa shape index (κ3) is 2.37. The van der Waals surface area contributed by atoms with Crippen molar-refractivity contribution in [3.05, 3.63) is 30.6 Å². The standard InChI is InChI=1S/C14H17N3O3S/c1-20-12-8-16-7-10-3-2-4-13(14(10)12)21(18,19)17-6-5-11(15)9-17/h2-4,7-8,11H,5-6,9,15H2,1H3/t11-/m1/s1. The van der Waals surface area contributed by atoms with Gasteiger partial charge < -0.3 is 10.5 Å². The van der Waals surface area contributed by atoms with E-state index in [0.29, 0.717) is 30.6 Å². The number of pyridine rings is 1. The first-order valence-corrected chi connectivity index (χ1v) is 8.14. The summed E-state index contributed by atoms with van der Waals surface area (Å²) < 4.78 is 32.4. The second kappa shape index (κ2) is 5.25. The molecule has 21 heavy (non-hydrogen) atoms. The van der Waals surface area contributed by atoms with Crippen molar-refractivity contribution in [2.45, 2.75) is 17.4 Å². The molecule has 112 valence electrons. The molecule has 0 bridgehead atoms. The number of aromatic nitrogens is 1. The maximum atomic E-state index is 12.9. The molecular weight excluding hydrogens is 290 g/mol. The van der Waals surface area contributed by atoms with Crippen LogP contribution in [-0.2, 0) is 10.0 Å². The third-order valence-corrected chi connectivity index (χ3v) is 5.64. The van der Waals surface area contributed by atoms with Crippen molar-refractivity contribution in [2.24, 2.45) is 5.73 Å². The fourth-order valence-corrected chi connectivity index (χ4v) is 4.39. The van der Waals surface area contributed by atoms with E-state index in [-0.39, 0.29) is 10.9 Å². The lowest BCUT2D eigenvalue weighted by Crippen LogP contribution is -2.32. The van der Waals surface area contributed by atoms with E-state index < -0.39 is 10.0 Å². The number of hydrogen-bond donors (Lipinski definition) is 1. The Hall–Kier alpha value is -1.70. The normalized spacial score (nSPS) is 20.0. The van der Waals surface area contributed by atoms with Crippen LogP contribution < -0.4 is 10.5 Å². The Morgan fingerprint density at radius 2 is 2.19 bits per heavy atom. The highest BCUT2D eigenvalue weighted by Crippen LogP contribution is 2.33. The number of rotatable bonds is 3. The van der Waals surface area contributed by atoms with Crippen LogP contribution in [0.15, 0.2) is 35.5 Å². The van der Waals surface area contributed by atoms with Crippen LogP contribution >= 0.6 is 0 Å². The van der Waals surface area contributed by atoms with Crippen LogP contribution in [0.2, 0.25) is 0 Å². The molecule has 1 aromatic carbocycles. The summed E-state index contributed by atoms with van der Waals surface area (Å²) in [6, 6.07) is 5.04. The highest BCUT2D eigenvalue weighted by atomic mass is 32.2. The van der Waals surface area contributed by atoms with Gasteiger partial charge in [-0.3, -0.25) is 4.98 Å². The fourth-order valence-electron chi connectivity index (χ4n) is 2.65. The third-order valence-electron chi connectivity index (χ3n) is 3.74. The van der Waals surface area contributed by atoms with Crippen molar-refractivity contribution >= 4 is 20.8 Å². The van der Waals surface area contributed by atoms with E-state index in [4.69, 9.17) is 10.5 Å². The molecule has 1 aliphatic heterocycles. The Morgan fingerprint density at radius 3 is 2.86 bits per heavy atom. The highest BCUT2D eigenvalue weighted by Gasteiger charge is 2.32. The quantitative estimate of drug-likeness (QED) is 0.913. The van der Waals surface area contributed by atoms with E-state index in [1.54, 1.807) is 18.3 Å². The summed E-state index contributed by atoms with van der Waals surface area (Å²) in [4.78, 5) is 4.31. The van der Waals surface area contributed by atoms with Gasteiger partial charge in [0.05, 0.1) is 18.2 Å². The molecule has 2 heterocycles. The molecule has 3 rings (SSSR count). The minimum absolute atomic E-state index is 0.0988. The Kier molecular flexibility index (Phi) is 3.56. The SMILES string of the molecule is COc1cncc2cccc(S(=O)(=O)N3CC[C@@H](N)C3)c12. The van der Waals surface area contributed by atoms with Gasteiger partial charge in [0, 0.05) is 36.1 Å². The lowest BCUT2D eigenvalue weighted by atomic mass is 10.2. The average Bonchev–Trinajstić information content (AvgIpc) is 2.93. The van der Waals surface area contributed by atoms with Crippen LogP contribution in [0.5, 0.6) is 5.75 Å². The molecule has 7 heteroatoms. The summed E-state index contributed by atoms with van der Waals surface area (Å²) in [7, 11) is -2.08. The van der Waals surface area contributed by atoms with Crippen molar-refractivity contribution in [2.75, 3.05) is 20.2 Å². The number of nitrogens with zero attached hydrogens (tertiary/aromatic N) is 2. The first-order chi connectivity index (χ1) is 10.0. The predicted molar refractivity (Wildman–Crippen MR) is 79.6 cm³/mol. The fraction of sp³-hybridized carbons (Fsp3) is 0.357. The van der Waals surface area contributed by atoms with Gasteiger partial charge in [0.15, 0.2) is 0 Å². The topological polar surface area (TPSA) is 85.5 Å². The summed E-state index contributed by atoms with van der Waals surface area (Å²) >= 11 is 0. The number of benzene rings is 1. The zero-order valence-corrected chi connectivity index (χ0v) is 12.5. The number of methoxy groups -OCH3 is 1. The first kappa shape index (κ1) is 14.2. The van der Waals surface area contributed by atoms with Gasteiger partial charge in [0.1, 0.15) is 5.75 Å². The van der Waals surface area contributed by atoms with Gasteiger partial charge in [-0.05, 0) is 12.5 Å². The molecule has 1 aliphatic rings. The van der Waals surface area contributed by atoms with E-state index in [0.717, 1.165) is 5.39 Å². The first-order valence-electron chi connectivity index (χ1n) is 6.70. The number of fused-ring (bicyclic) bond motifs is 1. The Balaban J connectivity index is 2.20. The largest absolute Gasteiger partial charge is 0.494 e. The lowest BCUT2D eigenvalue weighted by Gasteiger charge is -2.18. The second-order valence-electron chi connectivity index (χ2n) is 5.11. The number of ether oxygens (including phenoxy) is 1. The molecule has 0 spiro atoms. The smallest absolute Gasteiger partial charge is 0.243 e. The number of nitrogens with two attached hydrogens (primary N) is 1. The van der Waals surface area contributed by atoms with Crippen molar-refractivity contribution in [1.29, 1.82) is 0 Å². The van der Waals surface area contributed by atoms with Crippen LogP contribution in [-0.4, -0.2) is 43.9 Å². The van der Waals surface area contributed by atoms with Crippen LogP contribution in [0.1, 0.15) is 6.42 Å². The minimum Gasteiger partial charge on any atom is -0.494 e. The Bertz CT molecular complexity index is 771. The van der Waals surface area contributed by atoms with Gasteiger partial charge >= 0.3 is 0 Å². The van der Waals surface area contributed by atoms with Crippen molar-refractivity contribution in [3.8, 4) is 5.75 Å². The number of sulfonamides is 1. The summed E-state index contributed by atoms with van der Waals surface area (Å²) in [6.07, 6.45) is 3.84. The molecule has 1 saturated heterocycles. The molecule has 0 saturated carbocycles. The molecule has 1 aromatic heterocycles. The number of hydrogen-bond acceptors (Lipinski definition) is 5. The molecule has 1 fully saturated rings. The Morgan fingerprint density at radius 1 is 1.38 bits per heavy atom. The molecule has 2 aromatic rings. The minimum atomic E-state index is -3.59. The second-order valence-corrected chi connectivity index (χ2v) is 7.01. The molecule has 0 amide bonds. The van der Waals surface area contributed by atoms with Gasteiger partial charge in [-0.2, -0.15) is 4.31 Å². The molecule has 0 unspecified atom stereocenters. The van der Waals surface area contributed by atoms with E-state index in [1.807, 2.05) is 6.07 Å². The zero-order chi connectivity index (χ0) is 15.0. The summed E-state index contributed by atoms with van der Waals surface area (Å²) in [5.41, 5.74) is 5.83. The summed E-state index contributed by atoms with van der Waals surface area (Å²) in [6.45, 7) is 0.805. The monoisotopic (exact) mass is 307 g/mol. The van der Waals surface area contributed by atoms with Gasteiger partial charge in [0.25, 0.3) is 0 Å². The zero-order valence-electron chi connectivity index (χ0n) is 11.7. The van der Waals surface area contributed by atoms with Crippen LogP contribution in [0.25, 0.3) is 10.8 Å². The van der Waals surface area contributed by atoms with E-state index in [9.17, 15) is 8.42 Å². The van der Waals surface area contributed by atoms with Crippen molar-refractivity contribution in [1.82, 2.24) is 9.29 Å². The highest BCUT2D eigenvalue weighted by molar-refractivity contribution is 7.89. The maximum absolute atomic E-state index is 12.9. The summed E-state index contributed by atoms with van der Waals surface area (Å²) in [5, 5.41) is 1.30. The maximum Gasteiger partial charge on any atom is 0.243 e.